The highest BCUT2D eigenvalue weighted by molar-refractivity contribution is 9.10. The first-order chi connectivity index (χ1) is 13.3. The van der Waals surface area contributed by atoms with Gasteiger partial charge in [-0.15, -0.1) is 0 Å². The molecule has 1 aromatic carbocycles. The van der Waals surface area contributed by atoms with E-state index in [-0.39, 0.29) is 18.0 Å². The summed E-state index contributed by atoms with van der Waals surface area (Å²) < 4.78 is 19.2. The monoisotopic (exact) mass is 469 g/mol. The molecule has 0 fully saturated rings. The third kappa shape index (κ3) is 5.08. The van der Waals surface area contributed by atoms with Gasteiger partial charge in [-0.2, -0.15) is 9.97 Å². The highest BCUT2D eigenvalue weighted by atomic mass is 79.9. The molecule has 0 atom stereocenters. The largest absolute Gasteiger partial charge is 0.463 e. The van der Waals surface area contributed by atoms with Crippen molar-refractivity contribution in [3.05, 3.63) is 40.1 Å². The first-order valence-electron chi connectivity index (χ1n) is 8.71. The zero-order valence-electron chi connectivity index (χ0n) is 15.2. The van der Waals surface area contributed by atoms with E-state index in [4.69, 9.17) is 10.5 Å². The first-order valence-corrected chi connectivity index (χ1v) is 11.3. The molecule has 2 heterocycles. The van der Waals surface area contributed by atoms with Crippen LogP contribution in [0.15, 0.2) is 29.0 Å². The molecule has 3 rings (SSSR count). The van der Waals surface area contributed by atoms with Crippen LogP contribution in [0.3, 0.4) is 0 Å². The minimum absolute atomic E-state index is 0.197. The van der Waals surface area contributed by atoms with Crippen LogP contribution in [-0.2, 0) is 17.3 Å². The lowest BCUT2D eigenvalue weighted by molar-refractivity contribution is 0.286. The van der Waals surface area contributed by atoms with Gasteiger partial charge in [0, 0.05) is 0 Å². The van der Waals surface area contributed by atoms with Crippen LogP contribution < -0.4 is 10.5 Å². The summed E-state index contributed by atoms with van der Waals surface area (Å²) in [6, 6.07) is 7.26. The van der Waals surface area contributed by atoms with Crippen LogP contribution in [0, 0.1) is 0 Å². The lowest BCUT2D eigenvalue weighted by atomic mass is 10.1. The van der Waals surface area contributed by atoms with Crippen molar-refractivity contribution in [2.75, 3.05) is 12.3 Å². The number of hydrogen-bond acceptors (Lipinski definition) is 6. The molecule has 0 saturated carbocycles. The lowest BCUT2D eigenvalue weighted by Gasteiger charge is -2.10. The average Bonchev–Trinajstić information content (AvgIpc) is 2.91. The number of nitrogens with two attached hydrogens (primary N) is 1. The molecular formula is C17H21BrN5O4P. The number of rotatable bonds is 8. The van der Waals surface area contributed by atoms with Crippen LogP contribution in [0.2, 0.25) is 0 Å². The summed E-state index contributed by atoms with van der Waals surface area (Å²) in [6.45, 7) is 2.95. The normalized spacial score (nSPS) is 11.9. The van der Waals surface area contributed by atoms with Gasteiger partial charge < -0.3 is 20.3 Å². The SMILES string of the molecule is CCCCOc1nc(N)c2nc(Br)n(Cc3cccc(CP(=O)(O)O)c3)c2n1. The second kappa shape index (κ2) is 8.57. The molecule has 28 heavy (non-hydrogen) atoms. The predicted molar refractivity (Wildman–Crippen MR) is 109 cm³/mol. The Morgan fingerprint density at radius 3 is 2.71 bits per heavy atom. The molecule has 0 amide bonds. The maximum atomic E-state index is 11.3. The second-order valence-electron chi connectivity index (χ2n) is 6.38. The van der Waals surface area contributed by atoms with Gasteiger partial charge in [0.25, 0.3) is 0 Å². The van der Waals surface area contributed by atoms with Crippen LogP contribution in [0.1, 0.15) is 30.9 Å². The lowest BCUT2D eigenvalue weighted by Crippen LogP contribution is -2.06. The fourth-order valence-corrected chi connectivity index (χ4v) is 3.88. The van der Waals surface area contributed by atoms with Crippen molar-refractivity contribution in [1.29, 1.82) is 0 Å². The number of ether oxygens (including phenoxy) is 1. The fraction of sp³-hybridized carbons (Fsp3) is 0.353. The van der Waals surface area contributed by atoms with Crippen LogP contribution >= 0.6 is 23.5 Å². The van der Waals surface area contributed by atoms with Gasteiger partial charge in [-0.1, -0.05) is 37.6 Å². The quantitative estimate of drug-likeness (QED) is 0.260. The first kappa shape index (κ1) is 20.7. The molecule has 0 radical (unpaired) electrons. The van der Waals surface area contributed by atoms with Crippen LogP contribution in [0.5, 0.6) is 6.01 Å². The van der Waals surface area contributed by atoms with Gasteiger partial charge in [-0.25, -0.2) is 4.98 Å². The Morgan fingerprint density at radius 2 is 2.00 bits per heavy atom. The summed E-state index contributed by atoms with van der Waals surface area (Å²) in [5.41, 5.74) is 8.40. The molecular weight excluding hydrogens is 449 g/mol. The van der Waals surface area contributed by atoms with Gasteiger partial charge in [-0.05, 0) is 33.5 Å². The molecule has 2 aromatic heterocycles. The number of benzene rings is 1. The van der Waals surface area contributed by atoms with Crippen molar-refractivity contribution in [3.8, 4) is 6.01 Å². The van der Waals surface area contributed by atoms with E-state index in [9.17, 15) is 14.4 Å². The summed E-state index contributed by atoms with van der Waals surface area (Å²) in [6.07, 6.45) is 1.57. The van der Waals surface area contributed by atoms with E-state index in [0.717, 1.165) is 18.4 Å². The summed E-state index contributed by atoms with van der Waals surface area (Å²) in [7, 11) is -4.14. The van der Waals surface area contributed by atoms with Crippen molar-refractivity contribution < 1.29 is 19.1 Å². The number of aromatic nitrogens is 4. The van der Waals surface area contributed by atoms with E-state index in [1.807, 2.05) is 6.07 Å². The molecule has 4 N–H and O–H groups in total. The molecule has 0 aliphatic rings. The van der Waals surface area contributed by atoms with E-state index in [0.29, 0.717) is 34.6 Å². The van der Waals surface area contributed by atoms with Gasteiger partial charge >= 0.3 is 13.6 Å². The number of unbranched alkanes of at least 4 members (excludes halogenated alkanes) is 1. The van der Waals surface area contributed by atoms with E-state index in [1.54, 1.807) is 22.8 Å². The Labute approximate surface area is 170 Å². The zero-order chi connectivity index (χ0) is 20.3. The number of hydrogen-bond donors (Lipinski definition) is 3. The maximum Gasteiger partial charge on any atom is 0.329 e. The molecule has 0 aliphatic heterocycles. The topological polar surface area (TPSA) is 136 Å². The van der Waals surface area contributed by atoms with Crippen molar-refractivity contribution in [1.82, 2.24) is 19.5 Å². The van der Waals surface area contributed by atoms with E-state index < -0.39 is 7.60 Å². The molecule has 150 valence electrons. The number of nitrogen functional groups attached to an aromatic ring is 1. The standard InChI is InChI=1S/C17H21BrN5O4P/c1-2-3-7-27-17-21-14(19)13-15(22-17)23(16(18)20-13)9-11-5-4-6-12(8-11)10-28(24,25)26/h4-6,8H,2-3,7,9-10H2,1H3,(H2,19,21,22)(H2,24,25,26). The second-order valence-corrected chi connectivity index (χ2v) is 8.73. The van der Waals surface area contributed by atoms with E-state index in [2.05, 4.69) is 37.8 Å². The van der Waals surface area contributed by atoms with Gasteiger partial charge in [0.15, 0.2) is 21.7 Å². The maximum absolute atomic E-state index is 11.3. The van der Waals surface area contributed by atoms with Crippen molar-refractivity contribution in [2.45, 2.75) is 32.5 Å². The number of nitrogens with zero attached hydrogens (tertiary/aromatic N) is 4. The summed E-state index contributed by atoms with van der Waals surface area (Å²) in [5, 5.41) is 0. The fourth-order valence-electron chi connectivity index (χ4n) is 2.73. The van der Waals surface area contributed by atoms with Gasteiger partial charge in [0.1, 0.15) is 0 Å². The van der Waals surface area contributed by atoms with Crippen molar-refractivity contribution in [2.24, 2.45) is 0 Å². The highest BCUT2D eigenvalue weighted by Gasteiger charge is 2.17. The van der Waals surface area contributed by atoms with Gasteiger partial charge in [0.05, 0.1) is 19.3 Å². The van der Waals surface area contributed by atoms with E-state index in [1.165, 1.54) is 0 Å². The molecule has 0 saturated heterocycles. The Morgan fingerprint density at radius 1 is 1.25 bits per heavy atom. The molecule has 9 nitrogen and oxygen atoms in total. The number of halogens is 1. The molecule has 3 aromatic rings. The van der Waals surface area contributed by atoms with Crippen LogP contribution in [0.25, 0.3) is 11.2 Å². The van der Waals surface area contributed by atoms with Crippen molar-refractivity contribution >= 4 is 40.5 Å². The van der Waals surface area contributed by atoms with Gasteiger partial charge in [-0.3, -0.25) is 9.13 Å². The summed E-state index contributed by atoms with van der Waals surface area (Å²) in [5.74, 6) is 0.228. The highest BCUT2D eigenvalue weighted by Crippen LogP contribution is 2.39. The molecule has 0 unspecified atom stereocenters. The molecule has 0 spiro atoms. The molecule has 11 heteroatoms. The Kier molecular flexibility index (Phi) is 6.34. The molecule has 0 aliphatic carbocycles. The Bertz CT molecular complexity index is 1040. The van der Waals surface area contributed by atoms with E-state index >= 15 is 0 Å². The van der Waals surface area contributed by atoms with Crippen LogP contribution in [-0.4, -0.2) is 35.9 Å². The summed E-state index contributed by atoms with van der Waals surface area (Å²) >= 11 is 3.42. The smallest absolute Gasteiger partial charge is 0.329 e. The third-order valence-electron chi connectivity index (χ3n) is 4.00. The number of fused-ring (bicyclic) bond motifs is 1. The van der Waals surface area contributed by atoms with Crippen molar-refractivity contribution in [3.63, 3.8) is 0 Å². The van der Waals surface area contributed by atoms with Gasteiger partial charge in [0.2, 0.25) is 0 Å². The zero-order valence-corrected chi connectivity index (χ0v) is 17.7. The Balaban J connectivity index is 1.93. The Hall–Kier alpha value is -2.00. The minimum atomic E-state index is -4.14. The number of anilines is 1. The third-order valence-corrected chi connectivity index (χ3v) is 5.39. The molecule has 0 bridgehead atoms. The minimum Gasteiger partial charge on any atom is -0.463 e. The van der Waals surface area contributed by atoms with Crippen LogP contribution in [0.4, 0.5) is 5.82 Å². The average molecular weight is 470 g/mol. The number of imidazole rings is 1. The summed E-state index contributed by atoms with van der Waals surface area (Å²) in [4.78, 5) is 31.4. The predicted octanol–water partition coefficient (Wildman–Crippen LogP) is 3.08.